The van der Waals surface area contributed by atoms with Gasteiger partial charge in [0.05, 0.1) is 5.69 Å². The van der Waals surface area contributed by atoms with Crippen LogP contribution in [0.4, 0.5) is 10.1 Å². The van der Waals surface area contributed by atoms with Crippen molar-refractivity contribution in [3.05, 3.63) is 30.1 Å². The highest BCUT2D eigenvalue weighted by atomic mass is 19.1. The quantitative estimate of drug-likeness (QED) is 0.851. The van der Waals surface area contributed by atoms with Crippen LogP contribution >= 0.6 is 0 Å². The molecule has 1 aliphatic carbocycles. The van der Waals surface area contributed by atoms with E-state index in [1.807, 2.05) is 24.1 Å². The third-order valence-electron chi connectivity index (χ3n) is 3.38. The van der Waals surface area contributed by atoms with E-state index in [1.54, 1.807) is 6.07 Å². The molecule has 0 saturated heterocycles. The first-order valence-electron chi connectivity index (χ1n) is 5.88. The minimum Gasteiger partial charge on any atom is -0.372 e. The Balaban J connectivity index is 1.98. The summed E-state index contributed by atoms with van der Waals surface area (Å²) < 4.78 is 13.5. The number of hydrogen-bond acceptors (Lipinski definition) is 2. The van der Waals surface area contributed by atoms with Crippen LogP contribution in [0.1, 0.15) is 19.3 Å². The summed E-state index contributed by atoms with van der Waals surface area (Å²) in [4.78, 5) is 2.00. The first-order valence-corrected chi connectivity index (χ1v) is 5.88. The molecule has 0 aliphatic heterocycles. The second kappa shape index (κ2) is 4.83. The van der Waals surface area contributed by atoms with Gasteiger partial charge in [-0.3, -0.25) is 0 Å². The van der Waals surface area contributed by atoms with Crippen molar-refractivity contribution in [2.45, 2.75) is 25.3 Å². The van der Waals surface area contributed by atoms with Crippen LogP contribution in [-0.4, -0.2) is 19.6 Å². The van der Waals surface area contributed by atoms with Gasteiger partial charge in [-0.15, -0.1) is 0 Å². The van der Waals surface area contributed by atoms with Gasteiger partial charge in [-0.05, 0) is 37.3 Å². The third-order valence-corrected chi connectivity index (χ3v) is 3.38. The van der Waals surface area contributed by atoms with Gasteiger partial charge in [-0.25, -0.2) is 4.39 Å². The topological polar surface area (TPSA) is 29.3 Å². The zero-order valence-electron chi connectivity index (χ0n) is 9.70. The smallest absolute Gasteiger partial charge is 0.146 e. The van der Waals surface area contributed by atoms with Gasteiger partial charge in [0.2, 0.25) is 0 Å². The molecule has 2 rings (SSSR count). The normalized spacial score (nSPS) is 24.7. The molecule has 88 valence electrons. The average Bonchev–Trinajstić information content (AvgIpc) is 2.64. The molecule has 0 amide bonds. The zero-order valence-corrected chi connectivity index (χ0v) is 9.70. The number of rotatable bonds is 3. The van der Waals surface area contributed by atoms with Crippen molar-refractivity contribution in [1.29, 1.82) is 0 Å². The minimum absolute atomic E-state index is 0.146. The van der Waals surface area contributed by atoms with Crippen LogP contribution in [0.5, 0.6) is 0 Å². The molecule has 1 aromatic carbocycles. The maximum absolute atomic E-state index is 13.5. The third kappa shape index (κ3) is 2.53. The molecule has 1 aliphatic rings. The maximum Gasteiger partial charge on any atom is 0.146 e. The van der Waals surface area contributed by atoms with Crippen molar-refractivity contribution < 1.29 is 4.39 Å². The second-order valence-corrected chi connectivity index (χ2v) is 4.77. The number of benzene rings is 1. The Morgan fingerprint density at radius 1 is 1.38 bits per heavy atom. The summed E-state index contributed by atoms with van der Waals surface area (Å²) in [5, 5.41) is 0. The van der Waals surface area contributed by atoms with Crippen LogP contribution in [0, 0.1) is 11.7 Å². The summed E-state index contributed by atoms with van der Waals surface area (Å²) in [5.41, 5.74) is 6.56. The molecule has 0 heterocycles. The molecule has 0 bridgehead atoms. The van der Waals surface area contributed by atoms with E-state index in [1.165, 1.54) is 12.5 Å². The fourth-order valence-corrected chi connectivity index (χ4v) is 2.53. The SMILES string of the molecule is CN(CC1CCC(N)C1)c1ccccc1F. The molecule has 2 nitrogen and oxygen atoms in total. The Labute approximate surface area is 96.2 Å². The van der Waals surface area contributed by atoms with Crippen molar-refractivity contribution >= 4 is 5.69 Å². The molecule has 2 N–H and O–H groups in total. The summed E-state index contributed by atoms with van der Waals surface area (Å²) in [7, 11) is 1.95. The molecule has 0 radical (unpaired) electrons. The number of para-hydroxylation sites is 1. The van der Waals surface area contributed by atoms with Crippen molar-refractivity contribution in [2.75, 3.05) is 18.5 Å². The van der Waals surface area contributed by atoms with E-state index in [4.69, 9.17) is 5.73 Å². The van der Waals surface area contributed by atoms with E-state index in [9.17, 15) is 4.39 Å². The number of anilines is 1. The van der Waals surface area contributed by atoms with Gasteiger partial charge in [0.25, 0.3) is 0 Å². The van der Waals surface area contributed by atoms with Gasteiger partial charge in [-0.1, -0.05) is 12.1 Å². The van der Waals surface area contributed by atoms with Crippen LogP contribution in [0.15, 0.2) is 24.3 Å². The van der Waals surface area contributed by atoms with Gasteiger partial charge in [0, 0.05) is 19.6 Å². The molecule has 0 aromatic heterocycles. The molecule has 2 unspecified atom stereocenters. The fourth-order valence-electron chi connectivity index (χ4n) is 2.53. The summed E-state index contributed by atoms with van der Waals surface area (Å²) in [6, 6.07) is 7.27. The van der Waals surface area contributed by atoms with Gasteiger partial charge in [-0.2, -0.15) is 0 Å². The molecule has 3 heteroatoms. The highest BCUT2D eigenvalue weighted by Gasteiger charge is 2.23. The Kier molecular flexibility index (Phi) is 3.44. The average molecular weight is 222 g/mol. The van der Waals surface area contributed by atoms with Crippen LogP contribution in [0.25, 0.3) is 0 Å². The number of halogens is 1. The van der Waals surface area contributed by atoms with Crippen molar-refractivity contribution in [1.82, 2.24) is 0 Å². The Hall–Kier alpha value is -1.09. The first kappa shape index (κ1) is 11.4. The van der Waals surface area contributed by atoms with Gasteiger partial charge in [0.15, 0.2) is 0 Å². The number of hydrogen-bond donors (Lipinski definition) is 1. The lowest BCUT2D eigenvalue weighted by Gasteiger charge is -2.23. The summed E-state index contributed by atoms with van der Waals surface area (Å²) >= 11 is 0. The molecule has 16 heavy (non-hydrogen) atoms. The lowest BCUT2D eigenvalue weighted by Crippen LogP contribution is -2.26. The predicted octanol–water partition coefficient (Wildman–Crippen LogP) is 2.39. The van der Waals surface area contributed by atoms with E-state index in [0.29, 0.717) is 17.6 Å². The Morgan fingerprint density at radius 3 is 2.75 bits per heavy atom. The van der Waals surface area contributed by atoms with Gasteiger partial charge >= 0.3 is 0 Å². The minimum atomic E-state index is -0.146. The molecule has 2 atom stereocenters. The molecular weight excluding hydrogens is 203 g/mol. The van der Waals surface area contributed by atoms with E-state index in [2.05, 4.69) is 0 Å². The van der Waals surface area contributed by atoms with Gasteiger partial charge < -0.3 is 10.6 Å². The highest BCUT2D eigenvalue weighted by molar-refractivity contribution is 5.46. The Morgan fingerprint density at radius 2 is 2.12 bits per heavy atom. The molecule has 1 aromatic rings. The first-order chi connectivity index (χ1) is 7.66. The monoisotopic (exact) mass is 222 g/mol. The van der Waals surface area contributed by atoms with Crippen LogP contribution < -0.4 is 10.6 Å². The predicted molar refractivity (Wildman–Crippen MR) is 65.0 cm³/mol. The summed E-state index contributed by atoms with van der Waals surface area (Å²) in [6.07, 6.45) is 3.34. The van der Waals surface area contributed by atoms with E-state index >= 15 is 0 Å². The lowest BCUT2D eigenvalue weighted by atomic mass is 10.1. The molecule has 0 spiro atoms. The highest BCUT2D eigenvalue weighted by Crippen LogP contribution is 2.27. The summed E-state index contributed by atoms with van der Waals surface area (Å²) in [6.45, 7) is 0.897. The molecule has 1 fully saturated rings. The number of nitrogens with two attached hydrogens (primary N) is 1. The van der Waals surface area contributed by atoms with Crippen LogP contribution in [0.3, 0.4) is 0 Å². The molecule has 1 saturated carbocycles. The van der Waals surface area contributed by atoms with Crippen molar-refractivity contribution in [3.8, 4) is 0 Å². The molecular formula is C13H19FN2. The van der Waals surface area contributed by atoms with Crippen molar-refractivity contribution in [3.63, 3.8) is 0 Å². The number of nitrogens with zero attached hydrogens (tertiary/aromatic N) is 1. The van der Waals surface area contributed by atoms with E-state index in [-0.39, 0.29) is 5.82 Å². The zero-order chi connectivity index (χ0) is 11.5. The van der Waals surface area contributed by atoms with E-state index in [0.717, 1.165) is 19.4 Å². The maximum atomic E-state index is 13.5. The summed E-state index contributed by atoms with van der Waals surface area (Å²) in [5.74, 6) is 0.465. The lowest BCUT2D eigenvalue weighted by molar-refractivity contribution is 0.529. The largest absolute Gasteiger partial charge is 0.372 e. The standard InChI is InChI=1S/C13H19FN2/c1-16(9-10-6-7-11(15)8-10)13-5-3-2-4-12(13)14/h2-5,10-11H,6-9,15H2,1H3. The Bertz CT molecular complexity index is 354. The van der Waals surface area contributed by atoms with Crippen molar-refractivity contribution in [2.24, 2.45) is 11.7 Å². The van der Waals surface area contributed by atoms with Crippen LogP contribution in [-0.2, 0) is 0 Å². The van der Waals surface area contributed by atoms with E-state index < -0.39 is 0 Å². The van der Waals surface area contributed by atoms with Gasteiger partial charge in [0.1, 0.15) is 5.82 Å². The fraction of sp³-hybridized carbons (Fsp3) is 0.538. The van der Waals surface area contributed by atoms with Crippen LogP contribution in [0.2, 0.25) is 0 Å². The second-order valence-electron chi connectivity index (χ2n) is 4.77.